The van der Waals surface area contributed by atoms with Crippen LogP contribution in [0.1, 0.15) is 56.4 Å². The standard InChI is InChI=1S/C23H29F3N2O2/c1-13-17-12-28(9-7-22(2,3)21(29)30)8-6-14(17)10-19-20(13)16-11-15(23(24,25)26)4-5-18(16)27-19/h4-5,11,13-14,17,27H,6-10,12H2,1-3H3,(H,29,30)/t13-,14-,17-/m1/s1. The Morgan fingerprint density at radius 3 is 2.70 bits per heavy atom. The van der Waals surface area contributed by atoms with E-state index in [1.54, 1.807) is 19.9 Å². The van der Waals surface area contributed by atoms with Crippen molar-refractivity contribution in [3.63, 3.8) is 0 Å². The topological polar surface area (TPSA) is 56.3 Å². The van der Waals surface area contributed by atoms with Crippen LogP contribution in [0, 0.1) is 17.3 Å². The Morgan fingerprint density at radius 2 is 2.03 bits per heavy atom. The van der Waals surface area contributed by atoms with Gasteiger partial charge in [-0.15, -0.1) is 0 Å². The number of piperidine rings is 1. The lowest BCUT2D eigenvalue weighted by atomic mass is 9.68. The number of hydrogen-bond acceptors (Lipinski definition) is 2. The van der Waals surface area contributed by atoms with Crippen molar-refractivity contribution >= 4 is 16.9 Å². The first-order valence-electron chi connectivity index (χ1n) is 10.6. The number of likely N-dealkylation sites (tertiary alicyclic amines) is 1. The van der Waals surface area contributed by atoms with Gasteiger partial charge in [0.1, 0.15) is 0 Å². The van der Waals surface area contributed by atoms with Crippen molar-refractivity contribution in [2.24, 2.45) is 17.3 Å². The molecule has 1 saturated heterocycles. The van der Waals surface area contributed by atoms with E-state index in [2.05, 4.69) is 16.8 Å². The second-order valence-electron chi connectivity index (χ2n) is 9.72. The molecule has 2 aliphatic rings. The third-order valence-corrected chi connectivity index (χ3v) is 7.33. The first-order chi connectivity index (χ1) is 14.0. The van der Waals surface area contributed by atoms with Gasteiger partial charge >= 0.3 is 12.1 Å². The SMILES string of the molecule is C[C@H]1c2c([nH]c3ccc(C(F)(F)F)cc23)C[C@H]2CCN(CCC(C)(C)C(=O)O)C[C@@H]21. The molecule has 0 unspecified atom stereocenters. The van der Waals surface area contributed by atoms with Crippen molar-refractivity contribution in [1.82, 2.24) is 9.88 Å². The lowest BCUT2D eigenvalue weighted by molar-refractivity contribution is -0.147. The molecular weight excluding hydrogens is 393 g/mol. The lowest BCUT2D eigenvalue weighted by Crippen LogP contribution is -2.46. The molecule has 1 aromatic heterocycles. The fraction of sp³-hybridized carbons (Fsp3) is 0.609. The molecule has 0 spiro atoms. The average Bonchev–Trinajstić information content (AvgIpc) is 3.03. The normalized spacial score (nSPS) is 25.2. The number of nitrogens with one attached hydrogen (secondary N) is 1. The number of halogens is 3. The maximum absolute atomic E-state index is 13.3. The summed E-state index contributed by atoms with van der Waals surface area (Å²) in [4.78, 5) is 17.1. The van der Waals surface area contributed by atoms with Crippen LogP contribution in [-0.4, -0.2) is 40.6 Å². The number of hydrogen-bond donors (Lipinski definition) is 2. The van der Waals surface area contributed by atoms with Crippen molar-refractivity contribution in [2.75, 3.05) is 19.6 Å². The van der Waals surface area contributed by atoms with Crippen LogP contribution in [0.2, 0.25) is 0 Å². The van der Waals surface area contributed by atoms with E-state index in [-0.39, 0.29) is 5.92 Å². The molecule has 1 aromatic carbocycles. The van der Waals surface area contributed by atoms with E-state index in [1.165, 1.54) is 6.07 Å². The molecule has 3 atom stereocenters. The third-order valence-electron chi connectivity index (χ3n) is 7.33. The zero-order valence-corrected chi connectivity index (χ0v) is 17.6. The molecule has 1 aliphatic heterocycles. The van der Waals surface area contributed by atoms with Crippen LogP contribution in [0.4, 0.5) is 13.2 Å². The second kappa shape index (κ2) is 7.29. The highest BCUT2D eigenvalue weighted by Crippen LogP contribution is 2.47. The van der Waals surface area contributed by atoms with Crippen LogP contribution >= 0.6 is 0 Å². The fourth-order valence-corrected chi connectivity index (χ4v) is 5.27. The molecule has 2 N–H and O–H groups in total. The Labute approximate surface area is 174 Å². The van der Waals surface area contributed by atoms with Crippen LogP contribution in [0.15, 0.2) is 18.2 Å². The van der Waals surface area contributed by atoms with Crippen LogP contribution in [0.5, 0.6) is 0 Å². The quantitative estimate of drug-likeness (QED) is 0.704. The molecule has 0 radical (unpaired) electrons. The smallest absolute Gasteiger partial charge is 0.416 e. The van der Waals surface area contributed by atoms with Crippen LogP contribution < -0.4 is 0 Å². The van der Waals surface area contributed by atoms with Crippen LogP contribution in [0.3, 0.4) is 0 Å². The Hall–Kier alpha value is -2.02. The van der Waals surface area contributed by atoms with E-state index in [1.807, 2.05) is 0 Å². The van der Waals surface area contributed by atoms with E-state index in [0.717, 1.165) is 55.3 Å². The van der Waals surface area contributed by atoms with E-state index in [4.69, 9.17) is 0 Å². The summed E-state index contributed by atoms with van der Waals surface area (Å²) in [6.45, 7) is 8.18. The minimum Gasteiger partial charge on any atom is -0.481 e. The number of alkyl halides is 3. The van der Waals surface area contributed by atoms with Gasteiger partial charge in [-0.3, -0.25) is 4.79 Å². The Kier molecular flexibility index (Phi) is 5.16. The molecule has 0 saturated carbocycles. The third kappa shape index (κ3) is 3.72. The molecular formula is C23H29F3N2O2. The average molecular weight is 422 g/mol. The molecule has 0 bridgehead atoms. The van der Waals surface area contributed by atoms with Crippen molar-refractivity contribution in [3.8, 4) is 0 Å². The highest BCUT2D eigenvalue weighted by molar-refractivity contribution is 5.86. The summed E-state index contributed by atoms with van der Waals surface area (Å²) >= 11 is 0. The monoisotopic (exact) mass is 422 g/mol. The van der Waals surface area contributed by atoms with Crippen molar-refractivity contribution in [2.45, 2.75) is 52.1 Å². The maximum atomic E-state index is 13.3. The van der Waals surface area contributed by atoms with E-state index >= 15 is 0 Å². The number of carboxylic acids is 1. The largest absolute Gasteiger partial charge is 0.481 e. The van der Waals surface area contributed by atoms with Gasteiger partial charge in [0, 0.05) is 23.1 Å². The minimum atomic E-state index is -4.35. The second-order valence-corrected chi connectivity index (χ2v) is 9.72. The summed E-state index contributed by atoms with van der Waals surface area (Å²) in [7, 11) is 0. The maximum Gasteiger partial charge on any atom is 0.416 e. The molecule has 2 aromatic rings. The van der Waals surface area contributed by atoms with Crippen LogP contribution in [-0.2, 0) is 17.4 Å². The van der Waals surface area contributed by atoms with E-state index in [9.17, 15) is 23.1 Å². The zero-order valence-electron chi connectivity index (χ0n) is 17.6. The first-order valence-corrected chi connectivity index (χ1v) is 10.6. The number of H-pyrrole nitrogens is 1. The summed E-state index contributed by atoms with van der Waals surface area (Å²) in [5, 5.41) is 10.1. The van der Waals surface area contributed by atoms with Crippen LogP contribution in [0.25, 0.3) is 10.9 Å². The van der Waals surface area contributed by atoms with E-state index < -0.39 is 23.1 Å². The van der Waals surface area contributed by atoms with Crippen molar-refractivity contribution in [1.29, 1.82) is 0 Å². The Balaban J connectivity index is 1.58. The van der Waals surface area contributed by atoms with Gasteiger partial charge in [-0.1, -0.05) is 6.92 Å². The molecule has 1 aliphatic carbocycles. The van der Waals surface area contributed by atoms with Crippen molar-refractivity contribution in [3.05, 3.63) is 35.0 Å². The number of carboxylic acid groups (broad SMARTS) is 1. The molecule has 7 heteroatoms. The summed E-state index contributed by atoms with van der Waals surface area (Å²) in [6.07, 6.45) is -1.86. The number of aliphatic carboxylic acids is 1. The molecule has 4 rings (SSSR count). The number of benzene rings is 1. The number of nitrogens with zero attached hydrogens (tertiary/aromatic N) is 1. The summed E-state index contributed by atoms with van der Waals surface area (Å²) < 4.78 is 39.8. The lowest BCUT2D eigenvalue weighted by Gasteiger charge is -2.45. The van der Waals surface area contributed by atoms with Gasteiger partial charge in [0.25, 0.3) is 0 Å². The van der Waals surface area contributed by atoms with E-state index in [0.29, 0.717) is 23.6 Å². The molecule has 4 nitrogen and oxygen atoms in total. The predicted octanol–water partition coefficient (Wildman–Crippen LogP) is 5.29. The number of rotatable bonds is 4. The van der Waals surface area contributed by atoms with Crippen molar-refractivity contribution < 1.29 is 23.1 Å². The summed E-state index contributed by atoms with van der Waals surface area (Å²) in [5.41, 5.74) is 1.53. The molecule has 0 amide bonds. The van der Waals surface area contributed by atoms with Gasteiger partial charge in [-0.05, 0) is 87.7 Å². The zero-order chi connectivity index (χ0) is 21.8. The summed E-state index contributed by atoms with van der Waals surface area (Å²) in [6, 6.07) is 3.98. The Bertz CT molecular complexity index is 963. The number of fused-ring (bicyclic) bond motifs is 4. The highest BCUT2D eigenvalue weighted by atomic mass is 19.4. The molecule has 30 heavy (non-hydrogen) atoms. The molecule has 2 heterocycles. The van der Waals surface area contributed by atoms with Gasteiger partial charge in [-0.25, -0.2) is 0 Å². The van der Waals surface area contributed by atoms with Gasteiger partial charge in [0.15, 0.2) is 0 Å². The number of carbonyl (C=O) groups is 1. The molecule has 164 valence electrons. The predicted molar refractivity (Wildman–Crippen MR) is 109 cm³/mol. The van der Waals surface area contributed by atoms with Gasteiger partial charge < -0.3 is 15.0 Å². The fourth-order valence-electron chi connectivity index (χ4n) is 5.27. The van der Waals surface area contributed by atoms with Gasteiger partial charge in [-0.2, -0.15) is 13.2 Å². The highest BCUT2D eigenvalue weighted by Gasteiger charge is 2.41. The number of aromatic nitrogens is 1. The van der Waals surface area contributed by atoms with Gasteiger partial charge in [0.05, 0.1) is 11.0 Å². The minimum absolute atomic E-state index is 0.159. The molecule has 1 fully saturated rings. The number of aromatic amines is 1. The Morgan fingerprint density at radius 1 is 1.30 bits per heavy atom. The summed E-state index contributed by atoms with van der Waals surface area (Å²) in [5.74, 6) is 0.248. The van der Waals surface area contributed by atoms with Gasteiger partial charge in [0.2, 0.25) is 0 Å². The first kappa shape index (κ1) is 21.2.